The van der Waals surface area contributed by atoms with Gasteiger partial charge in [0.15, 0.2) is 0 Å². The molecule has 1 atom stereocenters. The zero-order chi connectivity index (χ0) is 14.7. The van der Waals surface area contributed by atoms with Crippen LogP contribution in [-0.4, -0.2) is 17.3 Å². The van der Waals surface area contributed by atoms with Crippen LogP contribution in [0.3, 0.4) is 0 Å². The summed E-state index contributed by atoms with van der Waals surface area (Å²) in [5.41, 5.74) is 6.56. The second kappa shape index (κ2) is 5.79. The van der Waals surface area contributed by atoms with E-state index in [9.17, 15) is 4.79 Å². The van der Waals surface area contributed by atoms with Crippen LogP contribution in [0.4, 0.5) is 5.82 Å². The zero-order valence-corrected chi connectivity index (χ0v) is 11.9. The number of nitrogens with zero attached hydrogens (tertiary/aromatic N) is 2. The normalized spacial score (nSPS) is 17.8. The maximum Gasteiger partial charge on any atom is 0.148 e. The Kier molecular flexibility index (Phi) is 3.69. The first kappa shape index (κ1) is 13.4. The number of hydrogen-bond acceptors (Lipinski definition) is 4. The molecule has 1 aromatic carbocycles. The monoisotopic (exact) mass is 279 g/mol. The third kappa shape index (κ3) is 2.65. The summed E-state index contributed by atoms with van der Waals surface area (Å²) in [5.74, 6) is 0.747. The fourth-order valence-corrected chi connectivity index (χ4v) is 2.59. The third-order valence-corrected chi connectivity index (χ3v) is 3.67. The van der Waals surface area contributed by atoms with Crippen LogP contribution in [0.15, 0.2) is 66.0 Å². The van der Waals surface area contributed by atoms with Crippen molar-refractivity contribution in [1.29, 1.82) is 0 Å². The summed E-state index contributed by atoms with van der Waals surface area (Å²) in [6, 6.07) is 15.5. The molecule has 2 aromatic rings. The van der Waals surface area contributed by atoms with Crippen molar-refractivity contribution in [2.24, 2.45) is 0 Å². The second-order valence-electron chi connectivity index (χ2n) is 5.06. The van der Waals surface area contributed by atoms with Gasteiger partial charge in [-0.3, -0.25) is 5.01 Å². The standard InChI is InChI=1S/C17H17N3O/c1-13-15(11-14-7-3-2-4-8-14)16(12-21)20(19-13)17-9-5-6-10-18-17/h2-10,12,16,19H,11H2,1H3. The molecule has 0 saturated carbocycles. The minimum atomic E-state index is -0.319. The van der Waals surface area contributed by atoms with Gasteiger partial charge in [0.2, 0.25) is 0 Å². The van der Waals surface area contributed by atoms with Gasteiger partial charge in [0, 0.05) is 11.9 Å². The van der Waals surface area contributed by atoms with Gasteiger partial charge in [0.25, 0.3) is 0 Å². The lowest BCUT2D eigenvalue weighted by molar-refractivity contribution is -0.108. The van der Waals surface area contributed by atoms with Gasteiger partial charge in [-0.25, -0.2) is 4.98 Å². The van der Waals surface area contributed by atoms with Gasteiger partial charge in [-0.1, -0.05) is 36.4 Å². The lowest BCUT2D eigenvalue weighted by Gasteiger charge is -2.23. The predicted octanol–water partition coefficient (Wildman–Crippen LogP) is 2.49. The number of hydrogen-bond donors (Lipinski definition) is 1. The molecule has 0 bridgehead atoms. The van der Waals surface area contributed by atoms with Crippen molar-refractivity contribution in [3.8, 4) is 0 Å². The van der Waals surface area contributed by atoms with E-state index in [1.807, 2.05) is 48.3 Å². The molecule has 1 aliphatic heterocycles. The SMILES string of the molecule is CC1=C(Cc2ccccc2)C(C=O)N(c2ccccn2)N1. The van der Waals surface area contributed by atoms with E-state index in [-0.39, 0.29) is 6.04 Å². The summed E-state index contributed by atoms with van der Waals surface area (Å²) in [6.45, 7) is 2.00. The topological polar surface area (TPSA) is 45.2 Å². The Morgan fingerprint density at radius 3 is 2.62 bits per heavy atom. The first-order valence-electron chi connectivity index (χ1n) is 6.95. The van der Waals surface area contributed by atoms with Crippen LogP contribution in [0.1, 0.15) is 12.5 Å². The summed E-state index contributed by atoms with van der Waals surface area (Å²) < 4.78 is 0. The molecule has 0 fully saturated rings. The van der Waals surface area contributed by atoms with E-state index in [0.717, 1.165) is 29.8 Å². The summed E-state index contributed by atoms with van der Waals surface area (Å²) >= 11 is 0. The number of aromatic nitrogens is 1. The van der Waals surface area contributed by atoms with Gasteiger partial charge >= 0.3 is 0 Å². The van der Waals surface area contributed by atoms with E-state index in [2.05, 4.69) is 22.5 Å². The number of carbonyl (C=O) groups is 1. The summed E-state index contributed by atoms with van der Waals surface area (Å²) in [7, 11) is 0. The average molecular weight is 279 g/mol. The molecule has 1 aliphatic rings. The van der Waals surface area contributed by atoms with Gasteiger partial charge in [-0.05, 0) is 36.6 Å². The van der Waals surface area contributed by atoms with E-state index >= 15 is 0 Å². The number of allylic oxidation sites excluding steroid dienone is 1. The second-order valence-corrected chi connectivity index (χ2v) is 5.06. The lowest BCUT2D eigenvalue weighted by atomic mass is 9.99. The van der Waals surface area contributed by atoms with Crippen molar-refractivity contribution in [2.45, 2.75) is 19.4 Å². The number of pyridine rings is 1. The summed E-state index contributed by atoms with van der Waals surface area (Å²) in [6.07, 6.45) is 3.45. The van der Waals surface area contributed by atoms with Crippen LogP contribution in [0.5, 0.6) is 0 Å². The van der Waals surface area contributed by atoms with Crippen LogP contribution in [0.25, 0.3) is 0 Å². The van der Waals surface area contributed by atoms with E-state index < -0.39 is 0 Å². The number of benzene rings is 1. The lowest BCUT2D eigenvalue weighted by Crippen LogP contribution is -2.41. The van der Waals surface area contributed by atoms with Gasteiger partial charge in [0.05, 0.1) is 0 Å². The number of aldehydes is 1. The van der Waals surface area contributed by atoms with Crippen molar-refractivity contribution in [1.82, 2.24) is 10.4 Å². The number of rotatable bonds is 4. The number of nitrogens with one attached hydrogen (secondary N) is 1. The number of hydrazine groups is 1. The molecule has 4 heteroatoms. The molecule has 21 heavy (non-hydrogen) atoms. The van der Waals surface area contributed by atoms with Crippen molar-refractivity contribution in [3.63, 3.8) is 0 Å². The highest BCUT2D eigenvalue weighted by Gasteiger charge is 2.31. The van der Waals surface area contributed by atoms with Crippen LogP contribution in [0, 0.1) is 0 Å². The molecule has 1 unspecified atom stereocenters. The van der Waals surface area contributed by atoms with E-state index in [1.54, 1.807) is 6.20 Å². The Labute approximate surface area is 124 Å². The Morgan fingerprint density at radius 1 is 1.19 bits per heavy atom. The van der Waals surface area contributed by atoms with Crippen molar-refractivity contribution < 1.29 is 4.79 Å². The quantitative estimate of drug-likeness (QED) is 0.873. The van der Waals surface area contributed by atoms with E-state index in [0.29, 0.717) is 0 Å². The molecule has 3 rings (SSSR count). The van der Waals surface area contributed by atoms with E-state index in [1.165, 1.54) is 5.56 Å². The average Bonchev–Trinajstić information content (AvgIpc) is 2.85. The molecule has 1 aromatic heterocycles. The molecule has 0 amide bonds. The smallest absolute Gasteiger partial charge is 0.148 e. The Hall–Kier alpha value is -2.62. The fourth-order valence-electron chi connectivity index (χ4n) is 2.59. The highest BCUT2D eigenvalue weighted by atomic mass is 16.1. The Balaban J connectivity index is 1.87. The number of anilines is 1. The van der Waals surface area contributed by atoms with Gasteiger partial charge in [0.1, 0.15) is 18.1 Å². The van der Waals surface area contributed by atoms with Crippen molar-refractivity contribution in [3.05, 3.63) is 71.6 Å². The van der Waals surface area contributed by atoms with Crippen molar-refractivity contribution >= 4 is 12.1 Å². The molecule has 0 radical (unpaired) electrons. The predicted molar refractivity (Wildman–Crippen MR) is 82.5 cm³/mol. The highest BCUT2D eigenvalue weighted by Crippen LogP contribution is 2.26. The highest BCUT2D eigenvalue weighted by molar-refractivity contribution is 5.72. The molecular weight excluding hydrogens is 262 g/mol. The van der Waals surface area contributed by atoms with Gasteiger partial charge in [-0.2, -0.15) is 0 Å². The molecule has 0 aliphatic carbocycles. The summed E-state index contributed by atoms with van der Waals surface area (Å²) in [5, 5.41) is 1.82. The molecule has 1 N–H and O–H groups in total. The molecule has 106 valence electrons. The van der Waals surface area contributed by atoms with E-state index in [4.69, 9.17) is 0 Å². The maximum absolute atomic E-state index is 11.6. The molecular formula is C17H17N3O. The zero-order valence-electron chi connectivity index (χ0n) is 11.9. The first-order chi connectivity index (χ1) is 10.3. The minimum absolute atomic E-state index is 0.319. The Bertz CT molecular complexity index is 652. The minimum Gasteiger partial charge on any atom is -0.301 e. The van der Waals surface area contributed by atoms with Gasteiger partial charge in [-0.15, -0.1) is 0 Å². The largest absolute Gasteiger partial charge is 0.301 e. The van der Waals surface area contributed by atoms with Crippen LogP contribution in [-0.2, 0) is 11.2 Å². The molecule has 0 saturated heterocycles. The first-order valence-corrected chi connectivity index (χ1v) is 6.95. The molecule has 4 nitrogen and oxygen atoms in total. The Morgan fingerprint density at radius 2 is 1.95 bits per heavy atom. The molecule has 2 heterocycles. The van der Waals surface area contributed by atoms with Crippen LogP contribution in [0.2, 0.25) is 0 Å². The fraction of sp³-hybridized carbons (Fsp3) is 0.176. The third-order valence-electron chi connectivity index (χ3n) is 3.67. The van der Waals surface area contributed by atoms with Gasteiger partial charge < -0.3 is 10.2 Å². The van der Waals surface area contributed by atoms with Crippen LogP contribution >= 0.6 is 0 Å². The molecule has 0 spiro atoms. The maximum atomic E-state index is 11.6. The van der Waals surface area contributed by atoms with Crippen LogP contribution < -0.4 is 10.4 Å². The number of carbonyl (C=O) groups excluding carboxylic acids is 1. The summed E-state index contributed by atoms with van der Waals surface area (Å²) in [4.78, 5) is 15.9. The van der Waals surface area contributed by atoms with Crippen molar-refractivity contribution in [2.75, 3.05) is 5.01 Å².